The molecule has 0 unspecified atom stereocenters. The molecule has 0 radical (unpaired) electrons. The molecule has 0 fully saturated rings. The van der Waals surface area contributed by atoms with Gasteiger partial charge in [-0.3, -0.25) is 14.4 Å². The summed E-state index contributed by atoms with van der Waals surface area (Å²) in [6, 6.07) is 54.9. The van der Waals surface area contributed by atoms with Crippen molar-refractivity contribution in [3.8, 4) is 0 Å². The third-order valence-electron chi connectivity index (χ3n) is 9.36. The zero-order valence-electron chi connectivity index (χ0n) is 30.5. The van der Waals surface area contributed by atoms with Crippen LogP contribution in [0.15, 0.2) is 164 Å². The first-order valence-electron chi connectivity index (χ1n) is 17.7. The van der Waals surface area contributed by atoms with Crippen LogP contribution in [0.4, 0.5) is 0 Å². The molecule has 0 heterocycles. The molecule has 9 aromatic carbocycles. The Morgan fingerprint density at radius 1 is 0.345 bits per heavy atom. The minimum absolute atomic E-state index is 0.111. The van der Waals surface area contributed by atoms with Crippen molar-refractivity contribution in [2.24, 2.45) is 0 Å². The van der Waals surface area contributed by atoms with Gasteiger partial charge in [-0.1, -0.05) is 133 Å². The number of carbonyl (C=O) groups excluding carboxylic acids is 3. The molecular formula is C48H36AlCl3O3. The third kappa shape index (κ3) is 9.43. The van der Waals surface area contributed by atoms with Gasteiger partial charge in [0.05, 0.1) is 0 Å². The first kappa shape index (κ1) is 39.6. The van der Waals surface area contributed by atoms with Gasteiger partial charge in [-0.05, 0) is 116 Å². The fourth-order valence-corrected chi connectivity index (χ4v) is 6.95. The molecule has 9 rings (SSSR count). The van der Waals surface area contributed by atoms with E-state index in [1.54, 1.807) is 20.8 Å². The number of fused-ring (bicyclic) bond motifs is 6. The Hall–Kier alpha value is -5.05. The van der Waals surface area contributed by atoms with Crippen LogP contribution in [0.25, 0.3) is 64.6 Å². The van der Waals surface area contributed by atoms with Crippen LogP contribution in [0.1, 0.15) is 51.8 Å². The quantitative estimate of drug-likeness (QED) is 0.102. The Morgan fingerprint density at radius 2 is 0.618 bits per heavy atom. The molecule has 0 aliphatic carbocycles. The summed E-state index contributed by atoms with van der Waals surface area (Å²) in [7, 11) is 14.8. The van der Waals surface area contributed by atoms with E-state index in [1.165, 1.54) is 16.2 Å². The second-order valence-electron chi connectivity index (χ2n) is 13.1. The van der Waals surface area contributed by atoms with Gasteiger partial charge in [0, 0.05) is 16.7 Å². The summed E-state index contributed by atoms with van der Waals surface area (Å²) in [4.78, 5) is 35.1. The van der Waals surface area contributed by atoms with E-state index >= 15 is 0 Å². The van der Waals surface area contributed by atoms with Gasteiger partial charge < -0.3 is 0 Å². The number of ketones is 3. The Bertz CT molecular complexity index is 2630. The van der Waals surface area contributed by atoms with Crippen LogP contribution in [0.3, 0.4) is 0 Å². The molecule has 0 N–H and O–H groups in total. The van der Waals surface area contributed by atoms with Crippen LogP contribution in [-0.2, 0) is 0 Å². The van der Waals surface area contributed by atoms with Crippen molar-refractivity contribution in [1.29, 1.82) is 0 Å². The number of Topliss-reactive ketones (excluding diaryl/α,β-unsaturated/α-hetero) is 3. The van der Waals surface area contributed by atoms with Crippen molar-refractivity contribution >= 4 is 124 Å². The lowest BCUT2D eigenvalue weighted by Crippen LogP contribution is -1.95. The zero-order valence-corrected chi connectivity index (χ0v) is 33.9. The normalized spacial score (nSPS) is 10.6. The SMILES string of the molecule is CC(=O)c1c2ccccc2cc2ccccc12.CC(=O)c1c2ccccc2cc2ccccc12.CC(=O)c1ccc2cc3ccccc3cc2c1.[Cl][Al]([Cl])[Cl]. The summed E-state index contributed by atoms with van der Waals surface area (Å²) >= 11 is -1.72. The summed E-state index contributed by atoms with van der Waals surface area (Å²) in [6.07, 6.45) is 0. The second-order valence-corrected chi connectivity index (χ2v) is 19.5. The monoisotopic (exact) mass is 792 g/mol. The van der Waals surface area contributed by atoms with Crippen LogP contribution < -0.4 is 0 Å². The molecule has 0 saturated heterocycles. The molecule has 3 nitrogen and oxygen atoms in total. The van der Waals surface area contributed by atoms with Gasteiger partial charge in [0.15, 0.2) is 17.3 Å². The molecular weight excluding hydrogens is 758 g/mol. The lowest BCUT2D eigenvalue weighted by Gasteiger charge is -2.08. The first-order valence-corrected chi connectivity index (χ1v) is 22.9. The minimum atomic E-state index is -1.72. The van der Waals surface area contributed by atoms with Crippen LogP contribution in [0.2, 0.25) is 0 Å². The van der Waals surface area contributed by atoms with E-state index in [0.717, 1.165) is 65.2 Å². The van der Waals surface area contributed by atoms with Crippen LogP contribution in [0, 0.1) is 0 Å². The Kier molecular flexibility index (Phi) is 13.0. The lowest BCUT2D eigenvalue weighted by molar-refractivity contribution is 0.101. The van der Waals surface area contributed by atoms with Crippen LogP contribution in [-0.4, -0.2) is 28.7 Å². The minimum Gasteiger partial charge on any atom is -0.295 e. The molecule has 0 saturated carbocycles. The maximum Gasteiger partial charge on any atom is 0.643 e. The smallest absolute Gasteiger partial charge is 0.295 e. The Morgan fingerprint density at radius 3 is 0.945 bits per heavy atom. The van der Waals surface area contributed by atoms with E-state index < -0.39 is 11.4 Å². The van der Waals surface area contributed by atoms with E-state index in [1.807, 2.05) is 127 Å². The molecule has 0 aromatic heterocycles. The first-order chi connectivity index (χ1) is 26.5. The average molecular weight is 794 g/mol. The van der Waals surface area contributed by atoms with Gasteiger partial charge in [-0.2, -0.15) is 0 Å². The van der Waals surface area contributed by atoms with E-state index in [0.29, 0.717) is 0 Å². The molecule has 55 heavy (non-hydrogen) atoms. The summed E-state index contributed by atoms with van der Waals surface area (Å²) in [5, 5.41) is 13.4. The topological polar surface area (TPSA) is 51.2 Å². The second kappa shape index (κ2) is 18.1. The fraction of sp³-hybridized carbons (Fsp3) is 0.0625. The summed E-state index contributed by atoms with van der Waals surface area (Å²) < 4.78 is 0. The number of hydrogen-bond donors (Lipinski definition) is 0. The molecule has 0 spiro atoms. The number of halogens is 3. The molecule has 0 aliphatic heterocycles. The number of hydrogen-bond acceptors (Lipinski definition) is 3. The predicted molar refractivity (Wildman–Crippen MR) is 238 cm³/mol. The fourth-order valence-electron chi connectivity index (χ4n) is 6.95. The van der Waals surface area contributed by atoms with Gasteiger partial charge in [0.2, 0.25) is 0 Å². The zero-order chi connectivity index (χ0) is 39.1. The highest BCUT2D eigenvalue weighted by Gasteiger charge is 2.12. The largest absolute Gasteiger partial charge is 0.643 e. The van der Waals surface area contributed by atoms with Crippen molar-refractivity contribution in [3.05, 3.63) is 180 Å². The summed E-state index contributed by atoms with van der Waals surface area (Å²) in [6.45, 7) is 4.87. The molecule has 0 amide bonds. The van der Waals surface area contributed by atoms with E-state index in [2.05, 4.69) is 36.4 Å². The van der Waals surface area contributed by atoms with Crippen molar-refractivity contribution in [2.75, 3.05) is 0 Å². The van der Waals surface area contributed by atoms with Crippen molar-refractivity contribution < 1.29 is 14.4 Å². The Balaban J connectivity index is 0.000000134. The molecule has 9 aromatic rings. The van der Waals surface area contributed by atoms with Crippen molar-refractivity contribution in [2.45, 2.75) is 20.8 Å². The third-order valence-corrected chi connectivity index (χ3v) is 9.36. The van der Waals surface area contributed by atoms with E-state index in [-0.39, 0.29) is 17.3 Å². The summed E-state index contributed by atoms with van der Waals surface area (Å²) in [5.41, 5.74) is 2.44. The van der Waals surface area contributed by atoms with Crippen molar-refractivity contribution in [1.82, 2.24) is 0 Å². The van der Waals surface area contributed by atoms with Crippen molar-refractivity contribution in [3.63, 3.8) is 0 Å². The van der Waals surface area contributed by atoms with Gasteiger partial charge in [0.1, 0.15) is 0 Å². The maximum absolute atomic E-state index is 11.9. The predicted octanol–water partition coefficient (Wildman–Crippen LogP) is 14.3. The highest BCUT2D eigenvalue weighted by molar-refractivity contribution is 7.54. The van der Waals surface area contributed by atoms with E-state index in [4.69, 9.17) is 30.1 Å². The van der Waals surface area contributed by atoms with Gasteiger partial charge in [-0.25, -0.2) is 30.1 Å². The number of rotatable bonds is 3. The Labute approximate surface area is 337 Å². The van der Waals surface area contributed by atoms with Crippen LogP contribution >= 0.6 is 30.1 Å². The lowest BCUT2D eigenvalue weighted by atomic mass is 9.95. The number of carbonyl (C=O) groups is 3. The van der Waals surface area contributed by atoms with Gasteiger partial charge >= 0.3 is 11.4 Å². The van der Waals surface area contributed by atoms with Gasteiger partial charge in [-0.15, -0.1) is 0 Å². The highest BCUT2D eigenvalue weighted by atomic mass is 35.8. The standard InChI is InChI=1S/3C16H12O.Al.3ClH/c2*1-11(17)16-14-8-4-2-6-12(14)10-13-7-3-5-9-15(13)16;1-11(17)12-6-7-15-9-13-4-2-3-5-14(13)10-16(15)8-12;;;;/h3*2-10H,1H3;;3*1H/q;;;+3;;;/p-3. The molecule has 0 bridgehead atoms. The maximum atomic E-state index is 11.9. The van der Waals surface area contributed by atoms with Crippen LogP contribution in [0.5, 0.6) is 0 Å². The molecule has 7 heteroatoms. The molecule has 270 valence electrons. The summed E-state index contributed by atoms with van der Waals surface area (Å²) in [5.74, 6) is 0.357. The van der Waals surface area contributed by atoms with Gasteiger partial charge in [0.25, 0.3) is 0 Å². The number of benzene rings is 9. The average Bonchev–Trinajstić information content (AvgIpc) is 3.18. The molecule has 0 aliphatic rings. The highest BCUT2D eigenvalue weighted by Crippen LogP contribution is 2.30. The molecule has 0 atom stereocenters. The van der Waals surface area contributed by atoms with E-state index in [9.17, 15) is 14.4 Å².